The van der Waals surface area contributed by atoms with E-state index in [4.69, 9.17) is 0 Å². The Morgan fingerprint density at radius 2 is 1.80 bits per heavy atom. The van der Waals surface area contributed by atoms with E-state index in [1.165, 1.54) is 15.8 Å². The molecule has 0 unspecified atom stereocenters. The lowest BCUT2D eigenvalue weighted by atomic mass is 10.1. The lowest BCUT2D eigenvalue weighted by molar-refractivity contribution is -0.131. The molecule has 0 radical (unpaired) electrons. The van der Waals surface area contributed by atoms with Gasteiger partial charge in [-0.15, -0.1) is 11.3 Å². The number of carbonyl (C=O) groups is 1. The Morgan fingerprint density at radius 3 is 2.48 bits per heavy atom. The lowest BCUT2D eigenvalue weighted by Crippen LogP contribution is -2.29. The molecule has 1 atom stereocenters. The van der Waals surface area contributed by atoms with Crippen molar-refractivity contribution in [3.05, 3.63) is 64.7 Å². The van der Waals surface area contributed by atoms with Crippen LogP contribution in [0.15, 0.2) is 48.5 Å². The third kappa shape index (κ3) is 4.07. The SMILES string of the molecule is CCc1ccc(CCC(=O)N(C)[C@@H](C)c2nc3ccccc3s2)cc1. The zero-order valence-electron chi connectivity index (χ0n) is 15.0. The maximum atomic E-state index is 12.6. The normalized spacial score (nSPS) is 12.3. The number of thiazole rings is 1. The number of fused-ring (bicyclic) bond motifs is 1. The molecular weight excluding hydrogens is 328 g/mol. The topological polar surface area (TPSA) is 33.2 Å². The van der Waals surface area contributed by atoms with Crippen LogP contribution >= 0.6 is 11.3 Å². The average Bonchev–Trinajstić information content (AvgIpc) is 3.09. The maximum absolute atomic E-state index is 12.6. The molecule has 4 heteroatoms. The van der Waals surface area contributed by atoms with Crippen molar-refractivity contribution in [3.63, 3.8) is 0 Å². The number of hydrogen-bond acceptors (Lipinski definition) is 3. The van der Waals surface area contributed by atoms with Gasteiger partial charge in [0, 0.05) is 13.5 Å². The van der Waals surface area contributed by atoms with E-state index < -0.39 is 0 Å². The predicted molar refractivity (Wildman–Crippen MR) is 105 cm³/mol. The highest BCUT2D eigenvalue weighted by Crippen LogP contribution is 2.29. The van der Waals surface area contributed by atoms with E-state index >= 15 is 0 Å². The molecule has 3 nitrogen and oxygen atoms in total. The second-order valence-electron chi connectivity index (χ2n) is 6.37. The fourth-order valence-corrected chi connectivity index (χ4v) is 3.88. The molecular formula is C21H24N2OS. The van der Waals surface area contributed by atoms with Crippen LogP contribution in [0.5, 0.6) is 0 Å². The highest BCUT2D eigenvalue weighted by Gasteiger charge is 2.20. The molecule has 0 fully saturated rings. The monoisotopic (exact) mass is 352 g/mol. The Bertz CT molecular complexity index is 821. The van der Waals surface area contributed by atoms with Crippen molar-refractivity contribution >= 4 is 27.5 Å². The van der Waals surface area contributed by atoms with Crippen LogP contribution in [-0.2, 0) is 17.6 Å². The first kappa shape index (κ1) is 17.6. The average molecular weight is 353 g/mol. The van der Waals surface area contributed by atoms with Gasteiger partial charge in [0.05, 0.1) is 16.3 Å². The first-order valence-electron chi connectivity index (χ1n) is 8.77. The van der Waals surface area contributed by atoms with Gasteiger partial charge in [0.1, 0.15) is 5.01 Å². The summed E-state index contributed by atoms with van der Waals surface area (Å²) in [5.74, 6) is 0.159. The highest BCUT2D eigenvalue weighted by atomic mass is 32.1. The fourth-order valence-electron chi connectivity index (χ4n) is 2.82. The molecule has 25 heavy (non-hydrogen) atoms. The zero-order chi connectivity index (χ0) is 17.8. The molecule has 0 aliphatic rings. The van der Waals surface area contributed by atoms with Crippen LogP contribution in [-0.4, -0.2) is 22.8 Å². The van der Waals surface area contributed by atoms with Gasteiger partial charge in [-0.25, -0.2) is 4.98 Å². The van der Waals surface area contributed by atoms with E-state index in [-0.39, 0.29) is 11.9 Å². The van der Waals surface area contributed by atoms with Crippen molar-refractivity contribution in [2.75, 3.05) is 7.05 Å². The van der Waals surface area contributed by atoms with Gasteiger partial charge in [0.15, 0.2) is 0 Å². The molecule has 0 aliphatic heterocycles. The number of para-hydroxylation sites is 1. The summed E-state index contributed by atoms with van der Waals surface area (Å²) in [4.78, 5) is 19.1. The number of benzene rings is 2. The smallest absolute Gasteiger partial charge is 0.223 e. The lowest BCUT2D eigenvalue weighted by Gasteiger charge is -2.23. The van der Waals surface area contributed by atoms with Gasteiger partial charge in [-0.2, -0.15) is 0 Å². The second-order valence-corrected chi connectivity index (χ2v) is 7.43. The van der Waals surface area contributed by atoms with Gasteiger partial charge >= 0.3 is 0 Å². The maximum Gasteiger partial charge on any atom is 0.223 e. The molecule has 130 valence electrons. The Morgan fingerprint density at radius 1 is 1.12 bits per heavy atom. The first-order valence-corrected chi connectivity index (χ1v) is 9.59. The number of hydrogen-bond donors (Lipinski definition) is 0. The highest BCUT2D eigenvalue weighted by molar-refractivity contribution is 7.18. The minimum atomic E-state index is -0.00707. The van der Waals surface area contributed by atoms with Crippen LogP contribution in [0.3, 0.4) is 0 Å². The molecule has 0 saturated carbocycles. The number of nitrogens with zero attached hydrogens (tertiary/aromatic N) is 2. The summed E-state index contributed by atoms with van der Waals surface area (Å²) in [6, 6.07) is 16.7. The minimum absolute atomic E-state index is 0.00707. The van der Waals surface area contributed by atoms with Crippen molar-refractivity contribution in [1.82, 2.24) is 9.88 Å². The predicted octanol–water partition coefficient (Wildman–Crippen LogP) is 5.01. The van der Waals surface area contributed by atoms with Gasteiger partial charge in [0.2, 0.25) is 5.91 Å². The summed E-state index contributed by atoms with van der Waals surface area (Å²) >= 11 is 1.66. The Labute approximate surface area is 153 Å². The van der Waals surface area contributed by atoms with E-state index in [9.17, 15) is 4.79 Å². The van der Waals surface area contributed by atoms with Crippen molar-refractivity contribution in [2.45, 2.75) is 39.2 Å². The minimum Gasteiger partial charge on any atom is -0.337 e. The van der Waals surface area contributed by atoms with Crippen molar-refractivity contribution in [2.24, 2.45) is 0 Å². The van der Waals surface area contributed by atoms with E-state index in [1.54, 1.807) is 11.3 Å². The molecule has 0 bridgehead atoms. The number of rotatable bonds is 6. The molecule has 1 heterocycles. The number of carbonyl (C=O) groups excluding carboxylic acids is 1. The van der Waals surface area contributed by atoms with E-state index in [1.807, 2.05) is 37.1 Å². The zero-order valence-corrected chi connectivity index (χ0v) is 15.8. The van der Waals surface area contributed by atoms with Crippen molar-refractivity contribution in [1.29, 1.82) is 0 Å². The second kappa shape index (κ2) is 7.79. The summed E-state index contributed by atoms with van der Waals surface area (Å²) in [6.45, 7) is 4.20. The standard InChI is InChI=1S/C21H24N2OS/c1-4-16-9-11-17(12-10-16)13-14-20(24)23(3)15(2)21-22-18-7-5-6-8-19(18)25-21/h5-12,15H,4,13-14H2,1-3H3/t15-/m0/s1. The van der Waals surface area contributed by atoms with E-state index in [2.05, 4.69) is 42.2 Å². The molecule has 0 aliphatic carbocycles. The van der Waals surface area contributed by atoms with E-state index in [0.717, 1.165) is 23.4 Å². The van der Waals surface area contributed by atoms with Crippen LogP contribution in [0.2, 0.25) is 0 Å². The summed E-state index contributed by atoms with van der Waals surface area (Å²) < 4.78 is 1.17. The number of aryl methyl sites for hydroxylation is 2. The van der Waals surface area contributed by atoms with Crippen LogP contribution in [0.4, 0.5) is 0 Å². The Hall–Kier alpha value is -2.20. The first-order chi connectivity index (χ1) is 12.1. The van der Waals surface area contributed by atoms with Crippen LogP contribution in [0.1, 0.15) is 42.4 Å². The van der Waals surface area contributed by atoms with Gasteiger partial charge in [0.25, 0.3) is 0 Å². The Kier molecular flexibility index (Phi) is 5.49. The Balaban J connectivity index is 1.62. The molecule has 1 aromatic heterocycles. The molecule has 1 amide bonds. The molecule has 0 saturated heterocycles. The third-order valence-corrected chi connectivity index (χ3v) is 5.91. The van der Waals surface area contributed by atoms with Crippen LogP contribution < -0.4 is 0 Å². The van der Waals surface area contributed by atoms with Gasteiger partial charge < -0.3 is 4.90 Å². The molecule has 0 spiro atoms. The molecule has 3 aromatic rings. The summed E-state index contributed by atoms with van der Waals surface area (Å²) in [5, 5.41) is 0.990. The van der Waals surface area contributed by atoms with Crippen molar-refractivity contribution in [3.8, 4) is 0 Å². The van der Waals surface area contributed by atoms with Crippen molar-refractivity contribution < 1.29 is 4.79 Å². The molecule has 0 N–H and O–H groups in total. The molecule has 3 rings (SSSR count). The summed E-state index contributed by atoms with van der Waals surface area (Å²) in [6.07, 6.45) is 2.35. The number of aromatic nitrogens is 1. The fraction of sp³-hybridized carbons (Fsp3) is 0.333. The largest absolute Gasteiger partial charge is 0.337 e. The summed E-state index contributed by atoms with van der Waals surface area (Å²) in [5.41, 5.74) is 3.55. The van der Waals surface area contributed by atoms with Gasteiger partial charge in [-0.05, 0) is 43.0 Å². The quantitative estimate of drug-likeness (QED) is 0.625. The number of amides is 1. The van der Waals surface area contributed by atoms with Gasteiger partial charge in [-0.1, -0.05) is 43.3 Å². The molecule has 2 aromatic carbocycles. The van der Waals surface area contributed by atoms with Gasteiger partial charge in [-0.3, -0.25) is 4.79 Å². The van der Waals surface area contributed by atoms with Crippen LogP contribution in [0, 0.1) is 0 Å². The van der Waals surface area contributed by atoms with Crippen LogP contribution in [0.25, 0.3) is 10.2 Å². The third-order valence-electron chi connectivity index (χ3n) is 4.70. The summed E-state index contributed by atoms with van der Waals surface area (Å²) in [7, 11) is 1.87. The van der Waals surface area contributed by atoms with E-state index in [0.29, 0.717) is 6.42 Å².